The van der Waals surface area contributed by atoms with Gasteiger partial charge >= 0.3 is 0 Å². The number of furan rings is 1. The van der Waals surface area contributed by atoms with Crippen molar-refractivity contribution in [2.75, 3.05) is 5.32 Å². The Kier molecular flexibility index (Phi) is 5.18. The van der Waals surface area contributed by atoms with Crippen LogP contribution in [0.15, 0.2) is 50.7 Å². The number of carbonyl (C=O) groups is 1. The summed E-state index contributed by atoms with van der Waals surface area (Å²) in [4.78, 5) is 12.4. The molecule has 0 aliphatic heterocycles. The maximum Gasteiger partial charge on any atom is 0.277 e. The molecule has 0 radical (unpaired) electrons. The molecule has 2 heterocycles. The molecule has 3 rings (SSSR count). The number of hydrogen-bond donors (Lipinski definition) is 1. The molecule has 2 aromatic heterocycles. The second-order valence-electron chi connectivity index (χ2n) is 5.27. The van der Waals surface area contributed by atoms with Gasteiger partial charge in [-0.15, -0.1) is 10.2 Å². The van der Waals surface area contributed by atoms with Crippen molar-refractivity contribution in [2.45, 2.75) is 30.7 Å². The molecule has 130 valence electrons. The quantitative estimate of drug-likeness (QED) is 0.660. The van der Waals surface area contributed by atoms with Crippen LogP contribution in [0.3, 0.4) is 0 Å². The molecule has 0 aliphatic rings. The van der Waals surface area contributed by atoms with Gasteiger partial charge in [0, 0.05) is 5.69 Å². The number of carbonyl (C=O) groups excluding carboxylic acids is 1. The van der Waals surface area contributed by atoms with Gasteiger partial charge in [0.25, 0.3) is 11.1 Å². The van der Waals surface area contributed by atoms with Crippen LogP contribution in [0.1, 0.15) is 19.1 Å². The van der Waals surface area contributed by atoms with E-state index in [-0.39, 0.29) is 11.7 Å². The average molecular weight is 361 g/mol. The molecule has 3 aromatic rings. The summed E-state index contributed by atoms with van der Waals surface area (Å²) in [6.45, 7) is 3.69. The lowest BCUT2D eigenvalue weighted by atomic mass is 10.2. The van der Waals surface area contributed by atoms with Crippen LogP contribution in [0, 0.1) is 12.7 Å². The van der Waals surface area contributed by atoms with Gasteiger partial charge in [-0.1, -0.05) is 18.7 Å². The predicted octanol–water partition coefficient (Wildman–Crippen LogP) is 4.29. The number of nitrogens with one attached hydrogen (secondary N) is 1. The number of halogens is 1. The summed E-state index contributed by atoms with van der Waals surface area (Å²) in [7, 11) is 0. The van der Waals surface area contributed by atoms with Crippen LogP contribution in [0.4, 0.5) is 10.1 Å². The van der Waals surface area contributed by atoms with Gasteiger partial charge in [-0.05, 0) is 43.7 Å². The third-order valence-corrected chi connectivity index (χ3v) is 4.71. The topological polar surface area (TPSA) is 81.2 Å². The number of rotatable bonds is 6. The largest absolute Gasteiger partial charge is 0.469 e. The van der Waals surface area contributed by atoms with Crippen LogP contribution < -0.4 is 5.32 Å². The van der Waals surface area contributed by atoms with Gasteiger partial charge in [-0.3, -0.25) is 4.79 Å². The van der Waals surface area contributed by atoms with E-state index >= 15 is 0 Å². The Balaban J connectivity index is 1.67. The summed E-state index contributed by atoms with van der Waals surface area (Å²) in [5, 5.41) is 10.6. The van der Waals surface area contributed by atoms with E-state index in [2.05, 4.69) is 15.5 Å². The minimum Gasteiger partial charge on any atom is -0.469 e. The summed E-state index contributed by atoms with van der Waals surface area (Å²) >= 11 is 1.19. The maximum absolute atomic E-state index is 12.9. The van der Waals surface area contributed by atoms with E-state index in [0.717, 1.165) is 5.56 Å². The Morgan fingerprint density at radius 1 is 1.28 bits per heavy atom. The van der Waals surface area contributed by atoms with E-state index in [1.807, 2.05) is 6.92 Å². The van der Waals surface area contributed by atoms with Crippen molar-refractivity contribution in [2.24, 2.45) is 0 Å². The predicted molar refractivity (Wildman–Crippen MR) is 91.7 cm³/mol. The molecule has 6 nitrogen and oxygen atoms in total. The highest BCUT2D eigenvalue weighted by Crippen LogP contribution is 2.29. The summed E-state index contributed by atoms with van der Waals surface area (Å²) in [6.07, 6.45) is 2.12. The molecule has 0 fully saturated rings. The first kappa shape index (κ1) is 17.2. The van der Waals surface area contributed by atoms with Crippen molar-refractivity contribution in [3.63, 3.8) is 0 Å². The molecule has 1 atom stereocenters. The smallest absolute Gasteiger partial charge is 0.277 e. The van der Waals surface area contributed by atoms with Gasteiger partial charge in [0.15, 0.2) is 0 Å². The van der Waals surface area contributed by atoms with Crippen LogP contribution in [0.5, 0.6) is 0 Å². The Hall–Kier alpha value is -2.61. The molecule has 0 saturated heterocycles. The van der Waals surface area contributed by atoms with Gasteiger partial charge < -0.3 is 14.2 Å². The number of aromatic nitrogens is 2. The number of benzene rings is 1. The van der Waals surface area contributed by atoms with Crippen molar-refractivity contribution in [1.29, 1.82) is 0 Å². The number of thioether (sulfide) groups is 1. The summed E-state index contributed by atoms with van der Waals surface area (Å²) in [6, 6.07) is 7.35. The maximum atomic E-state index is 12.9. The van der Waals surface area contributed by atoms with E-state index in [1.54, 1.807) is 19.3 Å². The van der Waals surface area contributed by atoms with Crippen LogP contribution in [-0.2, 0) is 4.79 Å². The first-order chi connectivity index (χ1) is 12.1. The third-order valence-electron chi connectivity index (χ3n) is 3.51. The van der Waals surface area contributed by atoms with E-state index in [0.29, 0.717) is 29.0 Å². The highest BCUT2D eigenvalue weighted by Gasteiger charge is 2.22. The number of amides is 1. The molecular weight excluding hydrogens is 345 g/mol. The molecule has 0 spiro atoms. The highest BCUT2D eigenvalue weighted by molar-refractivity contribution is 8.00. The van der Waals surface area contributed by atoms with Gasteiger partial charge in [-0.25, -0.2) is 4.39 Å². The van der Waals surface area contributed by atoms with Gasteiger partial charge in [0.1, 0.15) is 11.6 Å². The summed E-state index contributed by atoms with van der Waals surface area (Å²) < 4.78 is 23.8. The van der Waals surface area contributed by atoms with Crippen molar-refractivity contribution in [3.8, 4) is 11.5 Å². The lowest BCUT2D eigenvalue weighted by Crippen LogP contribution is -2.24. The van der Waals surface area contributed by atoms with Crippen molar-refractivity contribution in [3.05, 3.63) is 48.2 Å². The van der Waals surface area contributed by atoms with Crippen molar-refractivity contribution < 1.29 is 18.0 Å². The molecule has 0 bridgehead atoms. The second kappa shape index (κ2) is 7.52. The molecule has 1 amide bonds. The first-order valence-electron chi connectivity index (χ1n) is 7.68. The van der Waals surface area contributed by atoms with E-state index in [1.165, 1.54) is 36.0 Å². The number of hydrogen-bond acceptors (Lipinski definition) is 6. The van der Waals surface area contributed by atoms with Crippen LogP contribution in [-0.4, -0.2) is 21.4 Å². The zero-order valence-electron chi connectivity index (χ0n) is 13.7. The zero-order valence-corrected chi connectivity index (χ0v) is 14.5. The third kappa shape index (κ3) is 4.08. The summed E-state index contributed by atoms with van der Waals surface area (Å²) in [5.74, 6) is 0.467. The fourth-order valence-corrected chi connectivity index (χ4v) is 2.96. The van der Waals surface area contributed by atoms with Crippen LogP contribution in [0.25, 0.3) is 11.5 Å². The molecule has 1 aromatic carbocycles. The molecule has 0 saturated carbocycles. The average Bonchev–Trinajstić information content (AvgIpc) is 3.23. The molecular formula is C17H16FN3O3S. The van der Waals surface area contributed by atoms with E-state index < -0.39 is 5.25 Å². The SMILES string of the molecule is CC[C@@H](Sc1nnc(-c2ccoc2C)o1)C(=O)Nc1ccc(F)cc1. The highest BCUT2D eigenvalue weighted by atomic mass is 32.2. The Morgan fingerprint density at radius 3 is 2.68 bits per heavy atom. The Labute approximate surface area is 147 Å². The van der Waals surface area contributed by atoms with Crippen LogP contribution in [0.2, 0.25) is 0 Å². The standard InChI is InChI=1S/C17H16FN3O3S/c1-3-14(15(22)19-12-6-4-11(18)5-7-12)25-17-21-20-16(24-17)13-8-9-23-10(13)2/h4-9,14H,3H2,1-2H3,(H,19,22)/t14-/m1/s1. The van der Waals surface area contributed by atoms with Gasteiger partial charge in [-0.2, -0.15) is 0 Å². The lowest BCUT2D eigenvalue weighted by Gasteiger charge is -2.12. The van der Waals surface area contributed by atoms with E-state index in [9.17, 15) is 9.18 Å². The molecule has 8 heteroatoms. The van der Waals surface area contributed by atoms with Gasteiger partial charge in [0.05, 0.1) is 17.1 Å². The molecule has 0 unspecified atom stereocenters. The minimum absolute atomic E-state index is 0.210. The normalized spacial score (nSPS) is 12.1. The monoisotopic (exact) mass is 361 g/mol. The van der Waals surface area contributed by atoms with Crippen LogP contribution >= 0.6 is 11.8 Å². The van der Waals surface area contributed by atoms with E-state index in [4.69, 9.17) is 8.83 Å². The number of nitrogens with zero attached hydrogens (tertiary/aromatic N) is 2. The first-order valence-corrected chi connectivity index (χ1v) is 8.56. The fourth-order valence-electron chi connectivity index (χ4n) is 2.17. The molecule has 1 N–H and O–H groups in total. The Morgan fingerprint density at radius 2 is 2.04 bits per heavy atom. The van der Waals surface area contributed by atoms with Crippen molar-refractivity contribution in [1.82, 2.24) is 10.2 Å². The molecule has 0 aliphatic carbocycles. The summed E-state index contributed by atoms with van der Waals surface area (Å²) in [5.41, 5.74) is 1.26. The zero-order chi connectivity index (χ0) is 17.8. The molecule has 25 heavy (non-hydrogen) atoms. The minimum atomic E-state index is -0.413. The fraction of sp³-hybridized carbons (Fsp3) is 0.235. The number of anilines is 1. The number of aryl methyl sites for hydroxylation is 1. The van der Waals surface area contributed by atoms with Crippen molar-refractivity contribution >= 4 is 23.4 Å². The van der Waals surface area contributed by atoms with Gasteiger partial charge in [0.2, 0.25) is 5.91 Å². The Bertz CT molecular complexity index is 860. The lowest BCUT2D eigenvalue weighted by molar-refractivity contribution is -0.115. The second-order valence-corrected chi connectivity index (χ2v) is 6.43.